The molecule has 0 radical (unpaired) electrons. The van der Waals surface area contributed by atoms with E-state index in [0.717, 1.165) is 5.56 Å². The Morgan fingerprint density at radius 3 is 2.38 bits per heavy atom. The topological polar surface area (TPSA) is 74.2 Å². The number of hydrogen-bond donors (Lipinski definition) is 3. The van der Waals surface area contributed by atoms with E-state index in [-0.39, 0.29) is 23.4 Å². The Morgan fingerprint density at radius 2 is 1.86 bits per heavy atom. The van der Waals surface area contributed by atoms with E-state index < -0.39 is 6.10 Å². The first kappa shape index (κ1) is 17.4. The van der Waals surface area contributed by atoms with Gasteiger partial charge in [0.25, 0.3) is 0 Å². The van der Waals surface area contributed by atoms with E-state index in [1.54, 1.807) is 12.4 Å². The first-order valence-electron chi connectivity index (χ1n) is 7.36. The van der Waals surface area contributed by atoms with Gasteiger partial charge in [-0.2, -0.15) is 0 Å². The van der Waals surface area contributed by atoms with Crippen LogP contribution >= 0.6 is 0 Å². The molecule has 0 aliphatic heterocycles. The molecule has 0 fully saturated rings. The van der Waals surface area contributed by atoms with Crippen LogP contribution in [-0.4, -0.2) is 28.8 Å². The second-order valence-electron chi connectivity index (χ2n) is 6.51. The Hall–Kier alpha value is -1.62. The molecule has 5 nitrogen and oxygen atoms in total. The molecule has 1 aromatic rings. The van der Waals surface area contributed by atoms with Crippen molar-refractivity contribution in [2.75, 3.05) is 6.54 Å². The molecule has 0 aromatic carbocycles. The van der Waals surface area contributed by atoms with Crippen LogP contribution in [0, 0.1) is 11.3 Å². The number of rotatable bonds is 6. The summed E-state index contributed by atoms with van der Waals surface area (Å²) in [6.07, 6.45) is 2.94. The number of pyridine rings is 1. The molecule has 3 N–H and O–H groups in total. The third kappa shape index (κ3) is 5.34. The number of amides is 2. The van der Waals surface area contributed by atoms with E-state index in [1.165, 1.54) is 0 Å². The van der Waals surface area contributed by atoms with Crippen molar-refractivity contribution in [3.8, 4) is 0 Å². The highest BCUT2D eigenvalue weighted by atomic mass is 16.3. The molecule has 0 saturated heterocycles. The monoisotopic (exact) mass is 293 g/mol. The molecule has 0 saturated carbocycles. The van der Waals surface area contributed by atoms with Crippen molar-refractivity contribution in [1.29, 1.82) is 0 Å². The van der Waals surface area contributed by atoms with Crippen LogP contribution in [0.1, 0.15) is 46.2 Å². The van der Waals surface area contributed by atoms with Gasteiger partial charge in [-0.15, -0.1) is 0 Å². The fourth-order valence-corrected chi connectivity index (χ4v) is 2.30. The van der Waals surface area contributed by atoms with Gasteiger partial charge in [-0.1, -0.05) is 27.7 Å². The Morgan fingerprint density at radius 1 is 1.29 bits per heavy atom. The number of nitrogens with zero attached hydrogens (tertiary/aromatic N) is 1. The van der Waals surface area contributed by atoms with Crippen LogP contribution in [0.3, 0.4) is 0 Å². The van der Waals surface area contributed by atoms with Crippen LogP contribution in [0.4, 0.5) is 4.79 Å². The van der Waals surface area contributed by atoms with Gasteiger partial charge in [-0.05, 0) is 30.5 Å². The van der Waals surface area contributed by atoms with Crippen LogP contribution in [0.15, 0.2) is 24.5 Å². The van der Waals surface area contributed by atoms with E-state index in [4.69, 9.17) is 0 Å². The van der Waals surface area contributed by atoms with Crippen molar-refractivity contribution in [2.45, 2.75) is 46.8 Å². The maximum atomic E-state index is 11.9. The molecule has 1 aromatic heterocycles. The van der Waals surface area contributed by atoms with Crippen molar-refractivity contribution in [3.05, 3.63) is 30.1 Å². The molecule has 2 unspecified atom stereocenters. The van der Waals surface area contributed by atoms with Crippen LogP contribution < -0.4 is 10.6 Å². The number of carbonyl (C=O) groups excluding carboxylic acids is 1. The molecular weight excluding hydrogens is 266 g/mol. The predicted molar refractivity (Wildman–Crippen MR) is 83.8 cm³/mol. The van der Waals surface area contributed by atoms with Crippen molar-refractivity contribution in [3.63, 3.8) is 0 Å². The van der Waals surface area contributed by atoms with Crippen molar-refractivity contribution in [1.82, 2.24) is 15.6 Å². The summed E-state index contributed by atoms with van der Waals surface area (Å²) in [6.45, 7) is 10.2. The summed E-state index contributed by atoms with van der Waals surface area (Å²) in [7, 11) is 0. The molecule has 1 heterocycles. The molecule has 2 atom stereocenters. The lowest BCUT2D eigenvalue weighted by atomic mass is 9.81. The molecule has 2 amide bonds. The fourth-order valence-electron chi connectivity index (χ4n) is 2.30. The van der Waals surface area contributed by atoms with Gasteiger partial charge in [0.05, 0.1) is 12.1 Å². The van der Waals surface area contributed by atoms with E-state index >= 15 is 0 Å². The number of aliphatic hydroxyl groups excluding tert-OH is 1. The highest BCUT2D eigenvalue weighted by molar-refractivity contribution is 5.74. The van der Waals surface area contributed by atoms with E-state index in [2.05, 4.69) is 15.6 Å². The Kier molecular flexibility index (Phi) is 6.15. The second-order valence-corrected chi connectivity index (χ2v) is 6.51. The Balaban J connectivity index is 2.48. The van der Waals surface area contributed by atoms with Gasteiger partial charge in [0.2, 0.25) is 0 Å². The molecule has 5 heteroatoms. The highest BCUT2D eigenvalue weighted by Gasteiger charge is 2.30. The van der Waals surface area contributed by atoms with E-state index in [9.17, 15) is 9.90 Å². The summed E-state index contributed by atoms with van der Waals surface area (Å²) in [6, 6.07) is 3.42. The zero-order valence-corrected chi connectivity index (χ0v) is 13.6. The molecule has 21 heavy (non-hydrogen) atoms. The number of hydrogen-bond acceptors (Lipinski definition) is 3. The van der Waals surface area contributed by atoms with Gasteiger partial charge in [-0.25, -0.2) is 4.79 Å². The van der Waals surface area contributed by atoms with Crippen molar-refractivity contribution in [2.24, 2.45) is 11.3 Å². The average molecular weight is 293 g/mol. The molecule has 0 aliphatic rings. The van der Waals surface area contributed by atoms with E-state index in [1.807, 2.05) is 46.8 Å². The third-order valence-corrected chi connectivity index (χ3v) is 3.69. The average Bonchev–Trinajstić information content (AvgIpc) is 2.45. The minimum absolute atomic E-state index is 0.0915. The van der Waals surface area contributed by atoms with Crippen molar-refractivity contribution < 1.29 is 9.90 Å². The Bertz CT molecular complexity index is 446. The number of nitrogens with one attached hydrogen (secondary N) is 2. The largest absolute Gasteiger partial charge is 0.392 e. The number of aromatic nitrogens is 1. The maximum Gasteiger partial charge on any atom is 0.315 e. The van der Waals surface area contributed by atoms with Gasteiger partial charge in [-0.3, -0.25) is 4.98 Å². The highest BCUT2D eigenvalue weighted by Crippen LogP contribution is 2.25. The summed E-state index contributed by atoms with van der Waals surface area (Å²) >= 11 is 0. The summed E-state index contributed by atoms with van der Waals surface area (Å²) in [4.78, 5) is 15.9. The van der Waals surface area contributed by atoms with Gasteiger partial charge >= 0.3 is 6.03 Å². The molecule has 0 bridgehead atoms. The molecule has 0 spiro atoms. The Labute approximate surface area is 127 Å². The lowest BCUT2D eigenvalue weighted by Crippen LogP contribution is -2.46. The standard InChI is InChI=1S/C16H27N3O2/c1-11(2)14(20)16(4,5)10-18-15(21)19-12(3)13-6-8-17-9-7-13/h6-9,11-12,14,20H,10H2,1-5H3,(H2,18,19,21). The van der Waals surface area contributed by atoms with E-state index in [0.29, 0.717) is 6.54 Å². The summed E-state index contributed by atoms with van der Waals surface area (Å²) in [5, 5.41) is 15.9. The zero-order valence-electron chi connectivity index (χ0n) is 13.6. The zero-order chi connectivity index (χ0) is 16.0. The normalized spacial score (nSPS) is 14.6. The van der Waals surface area contributed by atoms with Gasteiger partial charge in [0.1, 0.15) is 0 Å². The number of aliphatic hydroxyl groups is 1. The fraction of sp³-hybridized carbons (Fsp3) is 0.625. The summed E-state index contributed by atoms with van der Waals surface area (Å²) in [5.74, 6) is 0.153. The lowest BCUT2D eigenvalue weighted by Gasteiger charge is -2.33. The van der Waals surface area contributed by atoms with Crippen LogP contribution in [0.5, 0.6) is 0 Å². The second kappa shape index (κ2) is 7.41. The number of urea groups is 1. The summed E-state index contributed by atoms with van der Waals surface area (Å²) in [5.41, 5.74) is 0.632. The molecule has 118 valence electrons. The van der Waals surface area contributed by atoms with Crippen LogP contribution in [0.25, 0.3) is 0 Å². The molecule has 1 rings (SSSR count). The number of carbonyl (C=O) groups is 1. The van der Waals surface area contributed by atoms with Crippen molar-refractivity contribution >= 4 is 6.03 Å². The van der Waals surface area contributed by atoms with Gasteiger partial charge in [0, 0.05) is 24.4 Å². The third-order valence-electron chi connectivity index (χ3n) is 3.69. The first-order valence-corrected chi connectivity index (χ1v) is 7.36. The molecular formula is C16H27N3O2. The van der Waals surface area contributed by atoms with Crippen LogP contribution in [-0.2, 0) is 0 Å². The molecule has 0 aliphatic carbocycles. The first-order chi connectivity index (χ1) is 9.74. The van der Waals surface area contributed by atoms with Gasteiger partial charge < -0.3 is 15.7 Å². The maximum absolute atomic E-state index is 11.9. The minimum Gasteiger partial charge on any atom is -0.392 e. The quantitative estimate of drug-likeness (QED) is 0.754. The predicted octanol–water partition coefficient (Wildman–Crippen LogP) is 2.48. The van der Waals surface area contributed by atoms with Crippen LogP contribution in [0.2, 0.25) is 0 Å². The lowest BCUT2D eigenvalue weighted by molar-refractivity contribution is 0.0151. The van der Waals surface area contributed by atoms with Gasteiger partial charge in [0.15, 0.2) is 0 Å². The SMILES string of the molecule is CC(NC(=O)NCC(C)(C)C(O)C(C)C)c1ccncc1. The minimum atomic E-state index is -0.463. The summed E-state index contributed by atoms with van der Waals surface area (Å²) < 4.78 is 0. The smallest absolute Gasteiger partial charge is 0.315 e.